The van der Waals surface area contributed by atoms with E-state index in [0.29, 0.717) is 5.84 Å². The van der Waals surface area contributed by atoms with Gasteiger partial charge in [-0.3, -0.25) is 0 Å². The number of furan rings is 1. The highest BCUT2D eigenvalue weighted by atomic mass is 32.1. The minimum Gasteiger partial charge on any atom is -0.456 e. The molecule has 1 atom stereocenters. The Morgan fingerprint density at radius 2 is 1.16 bits per heavy atom. The van der Waals surface area contributed by atoms with Crippen molar-refractivity contribution in [3.8, 4) is 22.3 Å². The Kier molecular flexibility index (Phi) is 7.43. The third-order valence-electron chi connectivity index (χ3n) is 11.5. The Bertz CT molecular complexity index is 3490. The largest absolute Gasteiger partial charge is 0.456 e. The van der Waals surface area contributed by atoms with Gasteiger partial charge >= 0.3 is 0 Å². The van der Waals surface area contributed by atoms with E-state index in [1.807, 2.05) is 29.5 Å². The summed E-state index contributed by atoms with van der Waals surface area (Å²) in [5.74, 6) is 1.43. The molecule has 12 rings (SSSR count). The minimum absolute atomic E-state index is 0.385. The molecule has 1 unspecified atom stereocenters. The summed E-state index contributed by atoms with van der Waals surface area (Å²) < 4.78 is 9.28. The van der Waals surface area contributed by atoms with Crippen molar-refractivity contribution in [2.24, 2.45) is 9.98 Å². The van der Waals surface area contributed by atoms with Gasteiger partial charge in [0.25, 0.3) is 0 Å². The average molecular weight is 760 g/mol. The summed E-state index contributed by atoms with van der Waals surface area (Å²) in [5.41, 5.74) is 9.20. The molecular formula is C53H33N3OS. The van der Waals surface area contributed by atoms with Crippen molar-refractivity contribution in [3.05, 3.63) is 205 Å². The molecule has 272 valence electrons. The first-order valence-corrected chi connectivity index (χ1v) is 20.4. The first kappa shape index (κ1) is 32.9. The lowest BCUT2D eigenvalue weighted by Gasteiger charge is -2.24. The van der Waals surface area contributed by atoms with Crippen molar-refractivity contribution < 1.29 is 4.42 Å². The van der Waals surface area contributed by atoms with Crippen LogP contribution < -0.4 is 5.32 Å². The minimum atomic E-state index is -0.385. The smallest absolute Gasteiger partial charge is 0.160 e. The van der Waals surface area contributed by atoms with Crippen LogP contribution in [-0.2, 0) is 0 Å². The van der Waals surface area contributed by atoms with Crippen LogP contribution in [-0.4, -0.2) is 11.7 Å². The fourth-order valence-electron chi connectivity index (χ4n) is 8.69. The number of aliphatic imine (C=N–C) groups is 2. The summed E-state index contributed by atoms with van der Waals surface area (Å²) in [6.07, 6.45) is -0.385. The van der Waals surface area contributed by atoms with Crippen molar-refractivity contribution >= 4 is 86.7 Å². The number of hydrogen-bond donors (Lipinski definition) is 1. The number of rotatable bonds is 5. The first-order valence-electron chi connectivity index (χ1n) is 19.6. The molecule has 3 heterocycles. The predicted molar refractivity (Wildman–Crippen MR) is 244 cm³/mol. The summed E-state index contributed by atoms with van der Waals surface area (Å²) in [6.45, 7) is 0. The summed E-state index contributed by atoms with van der Waals surface area (Å²) in [7, 11) is 0. The van der Waals surface area contributed by atoms with Gasteiger partial charge in [-0.25, -0.2) is 9.98 Å². The van der Waals surface area contributed by atoms with Crippen molar-refractivity contribution in [1.82, 2.24) is 5.32 Å². The van der Waals surface area contributed by atoms with Gasteiger partial charge in [0, 0.05) is 42.1 Å². The number of nitrogens with zero attached hydrogens (tertiary/aromatic N) is 2. The molecule has 0 saturated heterocycles. The van der Waals surface area contributed by atoms with E-state index >= 15 is 0 Å². The zero-order chi connectivity index (χ0) is 38.2. The number of fused-ring (bicyclic) bond motifs is 9. The molecule has 0 saturated carbocycles. The van der Waals surface area contributed by atoms with Gasteiger partial charge in [0.1, 0.15) is 23.2 Å². The first-order chi connectivity index (χ1) is 28.7. The zero-order valence-electron chi connectivity index (χ0n) is 31.2. The Balaban J connectivity index is 1.11. The van der Waals surface area contributed by atoms with Crippen LogP contribution in [0.1, 0.15) is 22.9 Å². The highest BCUT2D eigenvalue weighted by Gasteiger charge is 2.26. The van der Waals surface area contributed by atoms with Crippen molar-refractivity contribution in [2.45, 2.75) is 6.17 Å². The number of thiophene rings is 1. The summed E-state index contributed by atoms with van der Waals surface area (Å²) >= 11 is 1.86. The van der Waals surface area contributed by atoms with Gasteiger partial charge in [-0.05, 0) is 85.8 Å². The lowest BCUT2D eigenvalue weighted by atomic mass is 9.92. The quantitative estimate of drug-likeness (QED) is 0.190. The molecule has 4 nitrogen and oxygen atoms in total. The predicted octanol–water partition coefficient (Wildman–Crippen LogP) is 14.1. The van der Waals surface area contributed by atoms with Crippen LogP contribution in [0.15, 0.2) is 202 Å². The summed E-state index contributed by atoms with van der Waals surface area (Å²) in [6, 6.07) is 66.8. The van der Waals surface area contributed by atoms with Crippen LogP contribution in [0.3, 0.4) is 0 Å². The van der Waals surface area contributed by atoms with Gasteiger partial charge in [0.05, 0.1) is 0 Å². The van der Waals surface area contributed by atoms with Gasteiger partial charge in [-0.1, -0.05) is 152 Å². The van der Waals surface area contributed by atoms with Crippen LogP contribution in [0.5, 0.6) is 0 Å². The maximum atomic E-state index is 6.72. The van der Waals surface area contributed by atoms with E-state index in [1.54, 1.807) is 0 Å². The Labute approximate surface area is 338 Å². The normalized spacial score (nSPS) is 14.4. The molecule has 2 aromatic heterocycles. The van der Waals surface area contributed by atoms with Gasteiger partial charge in [0.2, 0.25) is 0 Å². The van der Waals surface area contributed by atoms with E-state index in [4.69, 9.17) is 14.4 Å². The van der Waals surface area contributed by atoms with Gasteiger partial charge in [-0.15, -0.1) is 11.3 Å². The van der Waals surface area contributed by atoms with E-state index < -0.39 is 0 Å². The topological polar surface area (TPSA) is 49.9 Å². The number of benzene rings is 9. The molecule has 0 spiro atoms. The molecule has 11 aromatic rings. The zero-order valence-corrected chi connectivity index (χ0v) is 32.0. The fourth-order valence-corrected chi connectivity index (χ4v) is 9.95. The van der Waals surface area contributed by atoms with Gasteiger partial charge in [0.15, 0.2) is 5.84 Å². The molecule has 1 aliphatic heterocycles. The second-order valence-corrected chi connectivity index (χ2v) is 16.0. The van der Waals surface area contributed by atoms with E-state index in [2.05, 4.69) is 175 Å². The second kappa shape index (κ2) is 13.1. The molecule has 0 aliphatic carbocycles. The lowest BCUT2D eigenvalue weighted by molar-refractivity contribution is 0.668. The van der Waals surface area contributed by atoms with E-state index in [0.717, 1.165) is 66.5 Å². The third kappa shape index (κ3) is 5.36. The molecular weight excluding hydrogens is 727 g/mol. The number of amidine groups is 2. The van der Waals surface area contributed by atoms with Crippen molar-refractivity contribution in [2.75, 3.05) is 0 Å². The summed E-state index contributed by atoms with van der Waals surface area (Å²) in [4.78, 5) is 10.9. The van der Waals surface area contributed by atoms with Crippen LogP contribution in [0.25, 0.3) is 85.9 Å². The maximum absolute atomic E-state index is 6.72. The summed E-state index contributed by atoms with van der Waals surface area (Å²) in [5, 5.41) is 13.1. The maximum Gasteiger partial charge on any atom is 0.160 e. The van der Waals surface area contributed by atoms with Crippen LogP contribution >= 0.6 is 11.3 Å². The molecule has 1 N–H and O–H groups in total. The molecule has 9 aromatic carbocycles. The number of hydrogen-bond acceptors (Lipinski definition) is 5. The Hall–Kier alpha value is -7.34. The molecule has 0 fully saturated rings. The number of para-hydroxylation sites is 1. The highest BCUT2D eigenvalue weighted by molar-refractivity contribution is 7.26. The average Bonchev–Trinajstić information content (AvgIpc) is 3.88. The Morgan fingerprint density at radius 1 is 0.466 bits per heavy atom. The molecule has 58 heavy (non-hydrogen) atoms. The molecule has 0 radical (unpaired) electrons. The molecule has 1 aliphatic rings. The highest BCUT2D eigenvalue weighted by Crippen LogP contribution is 2.46. The van der Waals surface area contributed by atoms with Crippen LogP contribution in [0, 0.1) is 0 Å². The Morgan fingerprint density at radius 3 is 2.02 bits per heavy atom. The monoisotopic (exact) mass is 759 g/mol. The SMILES string of the molecule is c1ccc(-c2ccc(C3N=C(c4cc(-c5cc6ccccc6c6sc7ccccc7c56)cc5oc6ccccc6c45)N=C(c4ccc5ccccc5c4)N3)cc2)cc1. The molecule has 0 amide bonds. The van der Waals surface area contributed by atoms with E-state index in [-0.39, 0.29) is 6.17 Å². The van der Waals surface area contributed by atoms with Crippen LogP contribution in [0.2, 0.25) is 0 Å². The van der Waals surface area contributed by atoms with E-state index in [1.165, 1.54) is 41.9 Å². The van der Waals surface area contributed by atoms with Crippen molar-refractivity contribution in [1.29, 1.82) is 0 Å². The molecule has 5 heteroatoms. The van der Waals surface area contributed by atoms with Gasteiger partial charge < -0.3 is 9.73 Å². The lowest BCUT2D eigenvalue weighted by Crippen LogP contribution is -2.33. The second-order valence-electron chi connectivity index (χ2n) is 15.0. The van der Waals surface area contributed by atoms with Gasteiger partial charge in [-0.2, -0.15) is 0 Å². The third-order valence-corrected chi connectivity index (χ3v) is 12.7. The van der Waals surface area contributed by atoms with E-state index in [9.17, 15) is 0 Å². The van der Waals surface area contributed by atoms with Crippen LogP contribution in [0.4, 0.5) is 0 Å². The number of nitrogens with one attached hydrogen (secondary N) is 1. The fraction of sp³-hybridized carbons (Fsp3) is 0.0189. The molecule has 0 bridgehead atoms. The van der Waals surface area contributed by atoms with Crippen molar-refractivity contribution in [3.63, 3.8) is 0 Å². The standard InChI is InChI=1S/C53H33N3OS/c1-2-12-32(13-3-1)34-22-25-35(26-23-34)51-54-52(38-27-24-33-14-4-5-15-36(33)28-38)56-53(55-51)44-30-39(31-46-48(44)41-18-8-10-20-45(41)57-46)43-29-37-16-6-7-17-40(37)50-49(43)42-19-9-11-21-47(42)58-50/h1-31,51H,(H,54,55,56).